The van der Waals surface area contributed by atoms with Gasteiger partial charge in [0.15, 0.2) is 0 Å². The lowest BCUT2D eigenvalue weighted by molar-refractivity contribution is -0.00179. The van der Waals surface area contributed by atoms with Gasteiger partial charge in [-0.2, -0.15) is 0 Å². The molecule has 1 aromatic rings. The van der Waals surface area contributed by atoms with E-state index in [1.807, 2.05) is 19.1 Å². The highest BCUT2D eigenvalue weighted by Crippen LogP contribution is 2.50. The van der Waals surface area contributed by atoms with Gasteiger partial charge < -0.3 is 9.47 Å². The Morgan fingerprint density at radius 1 is 0.490 bits per heavy atom. The molecule has 2 N–H and O–H groups in total. The lowest BCUT2D eigenvalue weighted by Crippen LogP contribution is -2.40. The molecular formula is C43H78N2O4. The zero-order valence-electron chi connectivity index (χ0n) is 35.5. The normalized spacial score (nSPS) is 14.0. The lowest BCUT2D eigenvalue weighted by Gasteiger charge is -2.45. The van der Waals surface area contributed by atoms with E-state index in [1.165, 1.54) is 0 Å². The summed E-state index contributed by atoms with van der Waals surface area (Å²) in [6, 6.07) is 5.50. The average molecular weight is 687 g/mol. The van der Waals surface area contributed by atoms with E-state index in [2.05, 4.69) is 135 Å². The molecule has 0 aliphatic heterocycles. The van der Waals surface area contributed by atoms with Crippen molar-refractivity contribution in [3.05, 3.63) is 23.8 Å². The van der Waals surface area contributed by atoms with E-state index >= 15 is 0 Å². The summed E-state index contributed by atoms with van der Waals surface area (Å²) in [6.45, 7) is 43.3. The maximum atomic E-state index is 13.4. The molecule has 0 radical (unpaired) electrons. The van der Waals surface area contributed by atoms with Crippen molar-refractivity contribution >= 4 is 23.6 Å². The second-order valence-corrected chi connectivity index (χ2v) is 22.9. The summed E-state index contributed by atoms with van der Waals surface area (Å²) < 4.78 is 12.1. The summed E-state index contributed by atoms with van der Waals surface area (Å²) in [4.78, 5) is 26.6. The van der Waals surface area contributed by atoms with Crippen molar-refractivity contribution in [3.63, 3.8) is 0 Å². The van der Waals surface area contributed by atoms with Crippen LogP contribution in [-0.2, 0) is 9.47 Å². The van der Waals surface area contributed by atoms with Gasteiger partial charge in [-0.1, -0.05) is 131 Å². The van der Waals surface area contributed by atoms with Gasteiger partial charge in [0.05, 0.1) is 13.2 Å². The molecule has 0 aromatic heterocycles. The fourth-order valence-corrected chi connectivity index (χ4v) is 9.00. The van der Waals surface area contributed by atoms with Crippen LogP contribution in [0.3, 0.4) is 0 Å². The third kappa shape index (κ3) is 19.7. The number of ether oxygens (including phenoxy) is 2. The smallest absolute Gasteiger partial charge is 0.411 e. The highest BCUT2D eigenvalue weighted by atomic mass is 16.6. The number of benzene rings is 1. The van der Waals surface area contributed by atoms with Crippen LogP contribution < -0.4 is 10.6 Å². The predicted molar refractivity (Wildman–Crippen MR) is 210 cm³/mol. The summed E-state index contributed by atoms with van der Waals surface area (Å²) in [5, 5.41) is 5.89. The maximum Gasteiger partial charge on any atom is 0.411 e. The summed E-state index contributed by atoms with van der Waals surface area (Å²) in [6.07, 6.45) is 4.72. The molecule has 0 aliphatic rings. The van der Waals surface area contributed by atoms with Gasteiger partial charge in [0.2, 0.25) is 0 Å². The Bertz CT molecular complexity index is 1140. The van der Waals surface area contributed by atoms with Gasteiger partial charge in [0.1, 0.15) is 0 Å². The first-order valence-electron chi connectivity index (χ1n) is 18.6. The van der Waals surface area contributed by atoms with Gasteiger partial charge >= 0.3 is 12.2 Å². The van der Waals surface area contributed by atoms with Gasteiger partial charge in [-0.05, 0) is 95.6 Å². The Morgan fingerprint density at radius 2 is 0.776 bits per heavy atom. The predicted octanol–water partition coefficient (Wildman–Crippen LogP) is 13.7. The zero-order chi connectivity index (χ0) is 38.5. The zero-order valence-corrected chi connectivity index (χ0v) is 35.5. The first kappa shape index (κ1) is 44.8. The summed E-state index contributed by atoms with van der Waals surface area (Å²) in [7, 11) is 0. The molecule has 0 unspecified atom stereocenters. The molecule has 0 aliphatic carbocycles. The van der Waals surface area contributed by atoms with E-state index in [0.717, 1.165) is 44.1 Å². The number of hydrogen-bond donors (Lipinski definition) is 2. The number of nitrogens with one attached hydrogen (secondary N) is 2. The van der Waals surface area contributed by atoms with Gasteiger partial charge in [-0.15, -0.1) is 0 Å². The number of rotatable bonds is 12. The van der Waals surface area contributed by atoms with Gasteiger partial charge in [-0.25, -0.2) is 9.59 Å². The number of anilines is 2. The highest BCUT2D eigenvalue weighted by molar-refractivity contribution is 5.89. The van der Waals surface area contributed by atoms with Gasteiger partial charge in [0, 0.05) is 22.2 Å². The van der Waals surface area contributed by atoms with E-state index in [0.29, 0.717) is 24.6 Å². The first-order valence-corrected chi connectivity index (χ1v) is 18.6. The molecule has 6 heteroatoms. The van der Waals surface area contributed by atoms with E-state index in [9.17, 15) is 9.59 Å². The number of amides is 2. The monoisotopic (exact) mass is 687 g/mol. The SMILES string of the molecule is Cc1ccc(NC(=O)OCC(CC(C)(C)C)(CC(C)(C)C)CC(C)(C)C)cc1NC(=O)OCC(CC(C)(C)C)(CC(C)(C)C)CC(C)(C)C. The fourth-order valence-electron chi connectivity index (χ4n) is 9.00. The van der Waals surface area contributed by atoms with Crippen LogP contribution in [0.15, 0.2) is 18.2 Å². The second-order valence-electron chi connectivity index (χ2n) is 22.9. The molecule has 0 heterocycles. The third-order valence-corrected chi connectivity index (χ3v) is 8.17. The van der Waals surface area contributed by atoms with Crippen LogP contribution in [0.2, 0.25) is 0 Å². The molecule has 0 spiro atoms. The number of carbonyl (C=O) groups excluding carboxylic acids is 2. The lowest BCUT2D eigenvalue weighted by atomic mass is 9.61. The van der Waals surface area contributed by atoms with Crippen molar-refractivity contribution in [3.8, 4) is 0 Å². The molecular weight excluding hydrogens is 608 g/mol. The summed E-state index contributed by atoms with van der Waals surface area (Å²) in [5.74, 6) is 0. The molecule has 0 saturated carbocycles. The summed E-state index contributed by atoms with van der Waals surface area (Å²) in [5.41, 5.74) is 2.15. The van der Waals surface area contributed by atoms with Crippen LogP contribution in [0.25, 0.3) is 0 Å². The minimum absolute atomic E-state index is 0.0768. The van der Waals surface area contributed by atoms with Crippen molar-refractivity contribution in [1.29, 1.82) is 0 Å². The Hall–Kier alpha value is -2.24. The van der Waals surface area contributed by atoms with E-state index in [4.69, 9.17) is 9.47 Å². The van der Waals surface area contributed by atoms with Crippen molar-refractivity contribution < 1.29 is 19.1 Å². The van der Waals surface area contributed by atoms with Crippen LogP contribution in [0.1, 0.15) is 169 Å². The Morgan fingerprint density at radius 3 is 1.06 bits per heavy atom. The third-order valence-electron chi connectivity index (χ3n) is 8.17. The van der Waals surface area contributed by atoms with Crippen molar-refractivity contribution in [1.82, 2.24) is 0 Å². The minimum Gasteiger partial charge on any atom is -0.449 e. The average Bonchev–Trinajstić information content (AvgIpc) is 2.77. The second kappa shape index (κ2) is 16.0. The van der Waals surface area contributed by atoms with Crippen molar-refractivity contribution in [2.24, 2.45) is 43.3 Å². The molecule has 49 heavy (non-hydrogen) atoms. The van der Waals surface area contributed by atoms with Gasteiger partial charge in [-0.3, -0.25) is 10.6 Å². The molecule has 1 rings (SSSR count). The molecule has 0 fully saturated rings. The Balaban J connectivity index is 3.19. The Labute approximate surface area is 303 Å². The minimum atomic E-state index is -0.491. The van der Waals surface area contributed by atoms with E-state index in [1.54, 1.807) is 6.07 Å². The van der Waals surface area contributed by atoms with Crippen LogP contribution in [0.4, 0.5) is 21.0 Å². The molecule has 1 aromatic carbocycles. The standard InChI is InChI=1S/C43H78N2O4/c1-31-20-21-32(44-34(46)48-29-42(23-36(2,3)4,24-37(5,6)7)25-38(8,9)10)22-33(31)45-35(47)49-30-43(26-39(11,12)13,27-40(14,15)16)28-41(17,18)19/h20-22H,23-30H2,1-19H3,(H,44,46)(H,45,47). The maximum absolute atomic E-state index is 13.4. The molecule has 284 valence electrons. The quantitative estimate of drug-likeness (QED) is 0.229. The van der Waals surface area contributed by atoms with Crippen LogP contribution in [0, 0.1) is 50.2 Å². The van der Waals surface area contributed by atoms with Crippen LogP contribution in [0.5, 0.6) is 0 Å². The molecule has 0 bridgehead atoms. The largest absolute Gasteiger partial charge is 0.449 e. The van der Waals surface area contributed by atoms with Crippen LogP contribution >= 0.6 is 0 Å². The molecule has 6 nitrogen and oxygen atoms in total. The summed E-state index contributed by atoms with van der Waals surface area (Å²) >= 11 is 0. The Kier molecular flexibility index (Phi) is 14.6. The van der Waals surface area contributed by atoms with Gasteiger partial charge in [0.25, 0.3) is 0 Å². The fraction of sp³-hybridized carbons (Fsp3) is 0.814. The highest BCUT2D eigenvalue weighted by Gasteiger charge is 2.43. The topological polar surface area (TPSA) is 76.7 Å². The molecule has 0 atom stereocenters. The van der Waals surface area contributed by atoms with E-state index < -0.39 is 12.2 Å². The number of carbonyl (C=O) groups is 2. The molecule has 0 saturated heterocycles. The van der Waals surface area contributed by atoms with E-state index in [-0.39, 0.29) is 43.3 Å². The van der Waals surface area contributed by atoms with Crippen molar-refractivity contribution in [2.75, 3.05) is 23.8 Å². The van der Waals surface area contributed by atoms with Crippen LogP contribution in [-0.4, -0.2) is 25.4 Å². The van der Waals surface area contributed by atoms with Crippen molar-refractivity contribution in [2.45, 2.75) is 170 Å². The number of hydrogen-bond acceptors (Lipinski definition) is 4. The first-order chi connectivity index (χ1) is 21.6. The molecule has 2 amide bonds. The number of aryl methyl sites for hydroxylation is 1.